The molecule has 2 amide bonds. The summed E-state index contributed by atoms with van der Waals surface area (Å²) in [4.78, 5) is 12.4. The molecule has 0 bridgehead atoms. The minimum atomic E-state index is -3.48. The van der Waals surface area contributed by atoms with E-state index in [1.807, 2.05) is 42.5 Å². The molecule has 166 valence electrons. The lowest BCUT2D eigenvalue weighted by molar-refractivity contribution is -0.676. The predicted molar refractivity (Wildman–Crippen MR) is 122 cm³/mol. The van der Waals surface area contributed by atoms with Crippen LogP contribution in [0.5, 0.6) is 5.75 Å². The first-order valence-corrected chi connectivity index (χ1v) is 12.0. The third-order valence-corrected chi connectivity index (χ3v) is 7.14. The van der Waals surface area contributed by atoms with E-state index in [1.165, 1.54) is 23.3 Å². The molecule has 0 fully saturated rings. The third-order valence-electron chi connectivity index (χ3n) is 5.44. The highest BCUT2D eigenvalue weighted by Crippen LogP contribution is 2.21. The minimum absolute atomic E-state index is 0.0462. The van der Waals surface area contributed by atoms with E-state index in [9.17, 15) is 13.2 Å². The number of anilines is 1. The zero-order valence-corrected chi connectivity index (χ0v) is 18.6. The van der Waals surface area contributed by atoms with Gasteiger partial charge in [-0.15, -0.1) is 0 Å². The first kappa shape index (κ1) is 21.9. The molecule has 0 saturated heterocycles. The van der Waals surface area contributed by atoms with Crippen molar-refractivity contribution in [1.29, 1.82) is 0 Å². The smallest absolute Gasteiger partial charge is 0.319 e. The van der Waals surface area contributed by atoms with E-state index in [1.54, 1.807) is 19.2 Å². The number of fused-ring (bicyclic) bond motifs is 1. The van der Waals surface area contributed by atoms with Gasteiger partial charge in [-0.05, 0) is 53.6 Å². The zero-order valence-electron chi connectivity index (χ0n) is 17.8. The summed E-state index contributed by atoms with van der Waals surface area (Å²) in [6.45, 7) is 2.20. The standard InChI is InChI=1S/C24H25N3O4S/c1-31-22-8-3-17(4-9-22)13-26-24(28)27-21-6-10-23(11-7-21)32(29,30)16-18-2-5-19-14-25-15-20(19)12-18/h2-12,25H,13-16H2,1H3,(H2,26,27,28)/p+1. The number of benzene rings is 3. The van der Waals surface area contributed by atoms with Gasteiger partial charge in [0.15, 0.2) is 9.84 Å². The molecule has 8 heteroatoms. The molecule has 1 heterocycles. The summed E-state index contributed by atoms with van der Waals surface area (Å²) >= 11 is 0. The van der Waals surface area contributed by atoms with Gasteiger partial charge in [0.25, 0.3) is 0 Å². The molecule has 0 aromatic heterocycles. The normalized spacial score (nSPS) is 12.8. The Morgan fingerprint density at radius 1 is 0.938 bits per heavy atom. The van der Waals surface area contributed by atoms with Crippen molar-refractivity contribution in [3.8, 4) is 5.75 Å². The lowest BCUT2D eigenvalue weighted by Gasteiger charge is -2.10. The molecule has 7 nitrogen and oxygen atoms in total. The topological polar surface area (TPSA) is 101 Å². The maximum atomic E-state index is 12.8. The summed E-state index contributed by atoms with van der Waals surface area (Å²) < 4.78 is 30.8. The molecule has 3 aromatic carbocycles. The van der Waals surface area contributed by atoms with Crippen LogP contribution in [0.1, 0.15) is 22.3 Å². The highest BCUT2D eigenvalue weighted by atomic mass is 32.2. The SMILES string of the molecule is COc1ccc(CNC(=O)Nc2ccc(S(=O)(=O)Cc3ccc4c(c3)C[NH2+]C4)cc2)cc1. The lowest BCUT2D eigenvalue weighted by Crippen LogP contribution is -2.77. The van der Waals surface area contributed by atoms with Crippen molar-refractivity contribution < 1.29 is 23.3 Å². The number of sulfone groups is 1. The maximum absolute atomic E-state index is 12.8. The number of carbonyl (C=O) groups is 1. The van der Waals surface area contributed by atoms with Gasteiger partial charge in [-0.3, -0.25) is 0 Å². The Labute approximate surface area is 187 Å². The van der Waals surface area contributed by atoms with Gasteiger partial charge in [-0.1, -0.05) is 24.3 Å². The minimum Gasteiger partial charge on any atom is -0.497 e. The molecule has 4 N–H and O–H groups in total. The van der Waals surface area contributed by atoms with Gasteiger partial charge in [0, 0.05) is 23.4 Å². The van der Waals surface area contributed by atoms with Crippen molar-refractivity contribution in [2.45, 2.75) is 30.3 Å². The Balaban J connectivity index is 1.33. The van der Waals surface area contributed by atoms with Gasteiger partial charge in [0.05, 0.1) is 17.8 Å². The van der Waals surface area contributed by atoms with Crippen LogP contribution in [0, 0.1) is 0 Å². The number of carbonyl (C=O) groups excluding carboxylic acids is 1. The van der Waals surface area contributed by atoms with Gasteiger partial charge < -0.3 is 20.7 Å². The van der Waals surface area contributed by atoms with Crippen LogP contribution < -0.4 is 20.7 Å². The van der Waals surface area contributed by atoms with Crippen molar-refractivity contribution in [2.75, 3.05) is 12.4 Å². The first-order chi connectivity index (χ1) is 15.4. The second-order valence-corrected chi connectivity index (χ2v) is 9.73. The molecule has 0 aliphatic carbocycles. The molecule has 0 radical (unpaired) electrons. The fraction of sp³-hybridized carbons (Fsp3) is 0.208. The summed E-state index contributed by atoms with van der Waals surface area (Å²) in [5.41, 5.74) is 4.72. The lowest BCUT2D eigenvalue weighted by atomic mass is 10.1. The van der Waals surface area contributed by atoms with E-state index < -0.39 is 9.84 Å². The molecule has 4 rings (SSSR count). The number of ether oxygens (including phenoxy) is 1. The average molecular weight is 453 g/mol. The van der Waals surface area contributed by atoms with Crippen LogP contribution in [0.25, 0.3) is 0 Å². The number of methoxy groups -OCH3 is 1. The fourth-order valence-electron chi connectivity index (χ4n) is 3.69. The molecular formula is C24H26N3O4S+. The zero-order chi connectivity index (χ0) is 22.6. The molecule has 0 saturated carbocycles. The van der Waals surface area contributed by atoms with E-state index in [0.29, 0.717) is 12.2 Å². The summed E-state index contributed by atoms with van der Waals surface area (Å²) in [7, 11) is -1.88. The Morgan fingerprint density at radius 2 is 1.62 bits per heavy atom. The van der Waals surface area contributed by atoms with Gasteiger partial charge in [0.1, 0.15) is 18.8 Å². The van der Waals surface area contributed by atoms with E-state index in [-0.39, 0.29) is 16.7 Å². The first-order valence-electron chi connectivity index (χ1n) is 10.4. The van der Waals surface area contributed by atoms with E-state index in [0.717, 1.165) is 30.0 Å². The van der Waals surface area contributed by atoms with Crippen LogP contribution in [0.3, 0.4) is 0 Å². The van der Waals surface area contributed by atoms with Crippen LogP contribution >= 0.6 is 0 Å². The third kappa shape index (κ3) is 5.27. The van der Waals surface area contributed by atoms with Crippen LogP contribution in [-0.2, 0) is 35.2 Å². The van der Waals surface area contributed by atoms with Gasteiger partial charge >= 0.3 is 6.03 Å². The summed E-state index contributed by atoms with van der Waals surface area (Å²) in [6.07, 6.45) is 0. The molecule has 0 spiro atoms. The number of hydrogen-bond acceptors (Lipinski definition) is 4. The molecule has 3 aromatic rings. The number of urea groups is 1. The highest BCUT2D eigenvalue weighted by Gasteiger charge is 2.19. The molecule has 1 aliphatic heterocycles. The van der Waals surface area contributed by atoms with Crippen molar-refractivity contribution in [1.82, 2.24) is 5.32 Å². The number of nitrogens with two attached hydrogens (primary N) is 1. The summed E-state index contributed by atoms with van der Waals surface area (Å²) in [5.74, 6) is 0.706. The quantitative estimate of drug-likeness (QED) is 0.513. The monoisotopic (exact) mass is 452 g/mol. The molecule has 0 unspecified atom stereocenters. The largest absolute Gasteiger partial charge is 0.497 e. The van der Waals surface area contributed by atoms with Gasteiger partial charge in [-0.25, -0.2) is 13.2 Å². The average Bonchev–Trinajstić information content (AvgIpc) is 3.26. The molecule has 0 atom stereocenters. The van der Waals surface area contributed by atoms with Crippen LogP contribution in [0.2, 0.25) is 0 Å². The van der Waals surface area contributed by atoms with Crippen LogP contribution in [-0.4, -0.2) is 21.6 Å². The van der Waals surface area contributed by atoms with E-state index >= 15 is 0 Å². The number of nitrogens with one attached hydrogen (secondary N) is 2. The predicted octanol–water partition coefficient (Wildman–Crippen LogP) is 2.57. The van der Waals surface area contributed by atoms with E-state index in [4.69, 9.17) is 4.74 Å². The number of amides is 2. The van der Waals surface area contributed by atoms with Crippen molar-refractivity contribution in [3.63, 3.8) is 0 Å². The Hall–Kier alpha value is -3.36. The second-order valence-electron chi connectivity index (χ2n) is 7.74. The summed E-state index contributed by atoms with van der Waals surface area (Å²) in [5, 5.41) is 7.69. The molecular weight excluding hydrogens is 426 g/mol. The highest BCUT2D eigenvalue weighted by molar-refractivity contribution is 7.90. The Kier molecular flexibility index (Phi) is 6.43. The Bertz CT molecular complexity index is 1210. The van der Waals surface area contributed by atoms with Gasteiger partial charge in [-0.2, -0.15) is 0 Å². The number of rotatable bonds is 7. The van der Waals surface area contributed by atoms with Crippen LogP contribution in [0.4, 0.5) is 10.5 Å². The number of hydrogen-bond donors (Lipinski definition) is 3. The van der Waals surface area contributed by atoms with E-state index in [2.05, 4.69) is 16.0 Å². The second kappa shape index (κ2) is 9.42. The van der Waals surface area contributed by atoms with Crippen molar-refractivity contribution in [3.05, 3.63) is 89.0 Å². The number of quaternary nitrogens is 1. The molecule has 1 aliphatic rings. The molecule has 32 heavy (non-hydrogen) atoms. The fourth-order valence-corrected chi connectivity index (χ4v) is 5.03. The van der Waals surface area contributed by atoms with Crippen LogP contribution in [0.15, 0.2) is 71.6 Å². The maximum Gasteiger partial charge on any atom is 0.319 e. The van der Waals surface area contributed by atoms with Crippen molar-refractivity contribution >= 4 is 21.6 Å². The summed E-state index contributed by atoms with van der Waals surface area (Å²) in [6, 6.07) is 19.2. The van der Waals surface area contributed by atoms with Gasteiger partial charge in [0.2, 0.25) is 0 Å². The Morgan fingerprint density at radius 3 is 2.34 bits per heavy atom. The van der Waals surface area contributed by atoms with Crippen molar-refractivity contribution in [2.24, 2.45) is 0 Å².